The molecule has 98 valence electrons. The number of ketones is 1. The molecule has 0 unspecified atom stereocenters. The van der Waals surface area contributed by atoms with Crippen LogP contribution in [0.4, 0.5) is 0 Å². The van der Waals surface area contributed by atoms with E-state index in [1.165, 1.54) is 0 Å². The van der Waals surface area contributed by atoms with Crippen LogP contribution in [0.3, 0.4) is 0 Å². The van der Waals surface area contributed by atoms with Gasteiger partial charge >= 0.3 is 0 Å². The van der Waals surface area contributed by atoms with E-state index in [0.717, 1.165) is 15.6 Å². The topological polar surface area (TPSA) is 17.1 Å². The Kier molecular flexibility index (Phi) is 4.67. The molecule has 4 heteroatoms. The van der Waals surface area contributed by atoms with Gasteiger partial charge in [0.25, 0.3) is 0 Å². The molecule has 0 saturated carbocycles. The van der Waals surface area contributed by atoms with Crippen molar-refractivity contribution in [3.8, 4) is 0 Å². The maximum absolute atomic E-state index is 12.3. The van der Waals surface area contributed by atoms with Crippen LogP contribution in [0.1, 0.15) is 21.5 Å². The number of halogens is 3. The third-order valence-electron chi connectivity index (χ3n) is 2.77. The van der Waals surface area contributed by atoms with Crippen molar-refractivity contribution in [1.82, 2.24) is 0 Å². The van der Waals surface area contributed by atoms with Crippen molar-refractivity contribution in [2.24, 2.45) is 0 Å². The Morgan fingerprint density at radius 1 is 1.11 bits per heavy atom. The fourth-order valence-electron chi connectivity index (χ4n) is 1.78. The average Bonchev–Trinajstić information content (AvgIpc) is 2.36. The molecule has 2 rings (SSSR count). The first-order valence-corrected chi connectivity index (χ1v) is 7.25. The van der Waals surface area contributed by atoms with Crippen LogP contribution in [0, 0.1) is 6.92 Å². The minimum absolute atomic E-state index is 0.0500. The Bertz CT molecular complexity index is 638. The largest absolute Gasteiger partial charge is 0.294 e. The molecule has 0 amide bonds. The summed E-state index contributed by atoms with van der Waals surface area (Å²) in [6, 6.07) is 11.0. The molecule has 0 atom stereocenters. The summed E-state index contributed by atoms with van der Waals surface area (Å²) < 4.78 is 0.808. The van der Waals surface area contributed by atoms with Crippen LogP contribution >= 0.6 is 39.1 Å². The van der Waals surface area contributed by atoms with Crippen molar-refractivity contribution in [3.63, 3.8) is 0 Å². The lowest BCUT2D eigenvalue weighted by Crippen LogP contribution is -2.05. The lowest BCUT2D eigenvalue weighted by atomic mass is 10.0. The molecule has 0 aliphatic carbocycles. The van der Waals surface area contributed by atoms with E-state index in [1.54, 1.807) is 12.1 Å². The SMILES string of the molecule is Cc1ccc(Br)c(C(=O)Cc2ccc(Cl)c(Cl)c2)c1. The predicted molar refractivity (Wildman–Crippen MR) is 83.4 cm³/mol. The molecule has 0 spiro atoms. The van der Waals surface area contributed by atoms with E-state index < -0.39 is 0 Å². The number of aryl methyl sites for hydroxylation is 1. The van der Waals surface area contributed by atoms with E-state index in [-0.39, 0.29) is 5.78 Å². The number of benzene rings is 2. The van der Waals surface area contributed by atoms with Crippen molar-refractivity contribution < 1.29 is 4.79 Å². The zero-order valence-corrected chi connectivity index (χ0v) is 13.3. The van der Waals surface area contributed by atoms with Crippen LogP contribution in [0.25, 0.3) is 0 Å². The first-order valence-electron chi connectivity index (χ1n) is 5.70. The van der Waals surface area contributed by atoms with Gasteiger partial charge in [-0.25, -0.2) is 0 Å². The molecular weight excluding hydrogens is 347 g/mol. The summed E-state index contributed by atoms with van der Waals surface area (Å²) in [4.78, 5) is 12.3. The van der Waals surface area contributed by atoms with Crippen molar-refractivity contribution >= 4 is 44.9 Å². The van der Waals surface area contributed by atoms with Gasteiger partial charge in [-0.15, -0.1) is 0 Å². The van der Waals surface area contributed by atoms with E-state index in [4.69, 9.17) is 23.2 Å². The highest BCUT2D eigenvalue weighted by molar-refractivity contribution is 9.10. The molecule has 0 aliphatic heterocycles. The summed E-state index contributed by atoms with van der Waals surface area (Å²) in [6.45, 7) is 1.96. The quantitative estimate of drug-likeness (QED) is 0.664. The highest BCUT2D eigenvalue weighted by Gasteiger charge is 2.12. The van der Waals surface area contributed by atoms with E-state index in [1.807, 2.05) is 31.2 Å². The van der Waals surface area contributed by atoms with Crippen LogP contribution < -0.4 is 0 Å². The Labute approximate surface area is 130 Å². The van der Waals surface area contributed by atoms with Gasteiger partial charge in [-0.1, -0.05) is 56.8 Å². The monoisotopic (exact) mass is 356 g/mol. The number of carbonyl (C=O) groups excluding carboxylic acids is 1. The fraction of sp³-hybridized carbons (Fsp3) is 0.133. The van der Waals surface area contributed by atoms with Crippen LogP contribution in [0.15, 0.2) is 40.9 Å². The summed E-state index contributed by atoms with van der Waals surface area (Å²) >= 11 is 15.2. The zero-order chi connectivity index (χ0) is 14.0. The third-order valence-corrected chi connectivity index (χ3v) is 4.20. The molecule has 0 N–H and O–H groups in total. The van der Waals surface area contributed by atoms with Crippen molar-refractivity contribution in [2.75, 3.05) is 0 Å². The van der Waals surface area contributed by atoms with E-state index in [0.29, 0.717) is 22.0 Å². The van der Waals surface area contributed by atoms with Crippen molar-refractivity contribution in [1.29, 1.82) is 0 Å². The first-order chi connectivity index (χ1) is 8.97. The van der Waals surface area contributed by atoms with Crippen LogP contribution in [0.2, 0.25) is 10.0 Å². The molecule has 0 aliphatic rings. The van der Waals surface area contributed by atoms with Crippen LogP contribution in [0.5, 0.6) is 0 Å². The molecule has 0 saturated heterocycles. The van der Waals surface area contributed by atoms with E-state index >= 15 is 0 Å². The second-order valence-corrected chi connectivity index (χ2v) is 6.00. The summed E-state index contributed by atoms with van der Waals surface area (Å²) in [5.74, 6) is 0.0500. The normalized spacial score (nSPS) is 10.5. The van der Waals surface area contributed by atoms with Crippen molar-refractivity contribution in [2.45, 2.75) is 13.3 Å². The molecular formula is C15H11BrCl2O. The standard InChI is InChI=1S/C15H11BrCl2O/c1-9-2-4-12(16)11(6-9)15(19)8-10-3-5-13(17)14(18)7-10/h2-7H,8H2,1H3. The number of hydrogen-bond acceptors (Lipinski definition) is 1. The molecule has 2 aromatic carbocycles. The lowest BCUT2D eigenvalue weighted by Gasteiger charge is -2.06. The van der Waals surface area contributed by atoms with Gasteiger partial charge in [0.1, 0.15) is 0 Å². The highest BCUT2D eigenvalue weighted by atomic mass is 79.9. The molecule has 0 fully saturated rings. The minimum Gasteiger partial charge on any atom is -0.294 e. The maximum Gasteiger partial charge on any atom is 0.168 e. The highest BCUT2D eigenvalue weighted by Crippen LogP contribution is 2.24. The Morgan fingerprint density at radius 3 is 2.53 bits per heavy atom. The van der Waals surface area contributed by atoms with Gasteiger partial charge in [0.2, 0.25) is 0 Å². The van der Waals surface area contributed by atoms with Gasteiger partial charge in [-0.05, 0) is 36.8 Å². The Hall–Kier alpha value is -0.830. The fourth-order valence-corrected chi connectivity index (χ4v) is 2.57. The molecule has 1 nitrogen and oxygen atoms in total. The third kappa shape index (κ3) is 3.59. The van der Waals surface area contributed by atoms with Crippen LogP contribution in [-0.4, -0.2) is 5.78 Å². The molecule has 0 bridgehead atoms. The van der Waals surface area contributed by atoms with Gasteiger partial charge in [-0.3, -0.25) is 4.79 Å². The first kappa shape index (κ1) is 14.6. The zero-order valence-electron chi connectivity index (χ0n) is 10.2. The second kappa shape index (κ2) is 6.08. The van der Waals surface area contributed by atoms with Gasteiger partial charge < -0.3 is 0 Å². The summed E-state index contributed by atoms with van der Waals surface area (Å²) in [5.41, 5.74) is 2.60. The minimum atomic E-state index is 0.0500. The van der Waals surface area contributed by atoms with E-state index in [9.17, 15) is 4.79 Å². The number of Topliss-reactive ketones (excluding diaryl/α,β-unsaturated/α-hetero) is 1. The Balaban J connectivity index is 2.25. The van der Waals surface area contributed by atoms with Gasteiger partial charge in [-0.2, -0.15) is 0 Å². The summed E-state index contributed by atoms with van der Waals surface area (Å²) in [6.07, 6.45) is 0.305. The lowest BCUT2D eigenvalue weighted by molar-refractivity contribution is 0.0992. The number of carbonyl (C=O) groups is 1. The maximum atomic E-state index is 12.3. The molecule has 0 aromatic heterocycles. The molecule has 0 radical (unpaired) electrons. The summed E-state index contributed by atoms with van der Waals surface area (Å²) in [7, 11) is 0. The summed E-state index contributed by atoms with van der Waals surface area (Å²) in [5, 5.41) is 0.963. The molecule has 2 aromatic rings. The van der Waals surface area contributed by atoms with Gasteiger partial charge in [0.05, 0.1) is 10.0 Å². The number of rotatable bonds is 3. The molecule has 0 heterocycles. The second-order valence-electron chi connectivity index (χ2n) is 4.33. The smallest absolute Gasteiger partial charge is 0.168 e. The van der Waals surface area contributed by atoms with Crippen molar-refractivity contribution in [3.05, 3.63) is 67.6 Å². The number of hydrogen-bond donors (Lipinski definition) is 0. The van der Waals surface area contributed by atoms with Gasteiger partial charge in [0, 0.05) is 16.5 Å². The van der Waals surface area contributed by atoms with E-state index in [2.05, 4.69) is 15.9 Å². The Morgan fingerprint density at radius 2 is 1.84 bits per heavy atom. The van der Waals surface area contributed by atoms with Gasteiger partial charge in [0.15, 0.2) is 5.78 Å². The molecule has 19 heavy (non-hydrogen) atoms. The average molecular weight is 358 g/mol. The predicted octanol–water partition coefficient (Wildman–Crippen LogP) is 5.49. The van der Waals surface area contributed by atoms with Crippen LogP contribution in [-0.2, 0) is 6.42 Å².